The Kier molecular flexibility index (Phi) is 5.71. The number of hydrogen-bond donors (Lipinski definition) is 0. The Hall–Kier alpha value is -3.40. The molecule has 3 aromatic carbocycles. The highest BCUT2D eigenvalue weighted by molar-refractivity contribution is 5.91. The second-order valence-corrected chi connectivity index (χ2v) is 7.02. The third-order valence-electron chi connectivity index (χ3n) is 4.98. The number of nitrogens with zero attached hydrogens (tertiary/aromatic N) is 3. The van der Waals surface area contributed by atoms with Crippen LogP contribution < -0.4 is 9.64 Å². The van der Waals surface area contributed by atoms with E-state index < -0.39 is 0 Å². The van der Waals surface area contributed by atoms with Gasteiger partial charge in [0.15, 0.2) is 5.82 Å². The summed E-state index contributed by atoms with van der Waals surface area (Å²) in [6.07, 6.45) is 0.991. The Morgan fingerprint density at radius 3 is 2.48 bits per heavy atom. The summed E-state index contributed by atoms with van der Waals surface area (Å²) in [4.78, 5) is 11.9. The van der Waals surface area contributed by atoms with Gasteiger partial charge in [-0.1, -0.05) is 55.5 Å². The monoisotopic (exact) mass is 383 g/mol. The molecule has 1 aromatic heterocycles. The van der Waals surface area contributed by atoms with Crippen LogP contribution in [-0.2, 0) is 6.42 Å². The maximum Gasteiger partial charge on any atom is 0.162 e. The predicted molar refractivity (Wildman–Crippen MR) is 120 cm³/mol. The second-order valence-electron chi connectivity index (χ2n) is 7.02. The van der Waals surface area contributed by atoms with E-state index in [0.29, 0.717) is 6.61 Å². The maximum atomic E-state index is 5.87. The number of ether oxygens (including phenoxy) is 1. The highest BCUT2D eigenvalue weighted by Crippen LogP contribution is 2.27. The van der Waals surface area contributed by atoms with Crippen LogP contribution in [0.15, 0.2) is 78.9 Å². The van der Waals surface area contributed by atoms with Gasteiger partial charge in [-0.25, -0.2) is 9.97 Å². The molecule has 0 aliphatic carbocycles. The largest absolute Gasteiger partial charge is 0.492 e. The van der Waals surface area contributed by atoms with E-state index in [1.165, 1.54) is 5.56 Å². The van der Waals surface area contributed by atoms with E-state index in [4.69, 9.17) is 14.7 Å². The van der Waals surface area contributed by atoms with E-state index >= 15 is 0 Å². The Labute approximate surface area is 171 Å². The molecule has 0 N–H and O–H groups in total. The quantitative estimate of drug-likeness (QED) is 0.430. The summed E-state index contributed by atoms with van der Waals surface area (Å²) in [7, 11) is 2.05. The molecule has 0 bridgehead atoms. The van der Waals surface area contributed by atoms with E-state index in [1.54, 1.807) is 0 Å². The number of rotatable bonds is 7. The van der Waals surface area contributed by atoms with Crippen LogP contribution in [0.4, 0.5) is 5.82 Å². The van der Waals surface area contributed by atoms with Crippen molar-refractivity contribution in [3.8, 4) is 17.1 Å². The van der Waals surface area contributed by atoms with Crippen molar-refractivity contribution in [2.45, 2.75) is 13.3 Å². The van der Waals surface area contributed by atoms with Crippen molar-refractivity contribution in [3.05, 3.63) is 84.4 Å². The Morgan fingerprint density at radius 2 is 1.66 bits per heavy atom. The number of likely N-dealkylation sites (N-methyl/N-ethyl adjacent to an activating group) is 1. The first-order valence-corrected chi connectivity index (χ1v) is 9.99. The van der Waals surface area contributed by atoms with Gasteiger partial charge in [-0.15, -0.1) is 0 Å². The minimum absolute atomic E-state index is 0.583. The van der Waals surface area contributed by atoms with Crippen LogP contribution in [0.3, 0.4) is 0 Å². The molecule has 29 heavy (non-hydrogen) atoms. The van der Waals surface area contributed by atoms with Gasteiger partial charge >= 0.3 is 0 Å². The molecule has 146 valence electrons. The number of aryl methyl sites for hydroxylation is 1. The fraction of sp³-hybridized carbons (Fsp3) is 0.200. The summed E-state index contributed by atoms with van der Waals surface area (Å²) in [6, 6.07) is 26.5. The van der Waals surface area contributed by atoms with Crippen molar-refractivity contribution >= 4 is 16.7 Å². The molecule has 0 saturated heterocycles. The molecular weight excluding hydrogens is 358 g/mol. The topological polar surface area (TPSA) is 38.2 Å². The van der Waals surface area contributed by atoms with Crippen LogP contribution >= 0.6 is 0 Å². The number of hydrogen-bond acceptors (Lipinski definition) is 4. The lowest BCUT2D eigenvalue weighted by atomic mass is 10.1. The highest BCUT2D eigenvalue weighted by Gasteiger charge is 2.13. The Balaban J connectivity index is 1.63. The highest BCUT2D eigenvalue weighted by atomic mass is 16.5. The van der Waals surface area contributed by atoms with Crippen LogP contribution in [0.25, 0.3) is 22.3 Å². The van der Waals surface area contributed by atoms with E-state index in [1.807, 2.05) is 48.5 Å². The first kappa shape index (κ1) is 18.9. The number of anilines is 1. The number of benzene rings is 3. The minimum atomic E-state index is 0.583. The molecule has 0 amide bonds. The van der Waals surface area contributed by atoms with Crippen molar-refractivity contribution in [2.24, 2.45) is 0 Å². The van der Waals surface area contributed by atoms with Crippen molar-refractivity contribution in [1.29, 1.82) is 0 Å². The lowest BCUT2D eigenvalue weighted by molar-refractivity contribution is 0.326. The normalized spacial score (nSPS) is 10.8. The molecule has 0 atom stereocenters. The van der Waals surface area contributed by atoms with Crippen LogP contribution in [0, 0.1) is 0 Å². The van der Waals surface area contributed by atoms with E-state index in [2.05, 4.69) is 49.2 Å². The van der Waals surface area contributed by atoms with Gasteiger partial charge < -0.3 is 9.64 Å². The van der Waals surface area contributed by atoms with Crippen LogP contribution in [0.1, 0.15) is 12.5 Å². The second kappa shape index (κ2) is 8.74. The van der Waals surface area contributed by atoms with Gasteiger partial charge in [0.25, 0.3) is 0 Å². The fourth-order valence-corrected chi connectivity index (χ4v) is 3.33. The molecule has 0 spiro atoms. The molecule has 0 aliphatic rings. The van der Waals surface area contributed by atoms with Gasteiger partial charge in [0, 0.05) is 18.0 Å². The van der Waals surface area contributed by atoms with Gasteiger partial charge in [0.1, 0.15) is 18.2 Å². The zero-order valence-electron chi connectivity index (χ0n) is 16.9. The van der Waals surface area contributed by atoms with Crippen molar-refractivity contribution in [2.75, 3.05) is 25.1 Å². The molecule has 4 aromatic rings. The lowest BCUT2D eigenvalue weighted by Crippen LogP contribution is -2.25. The fourth-order valence-electron chi connectivity index (χ4n) is 3.33. The zero-order chi connectivity index (χ0) is 20.1. The van der Waals surface area contributed by atoms with Gasteiger partial charge in [0.2, 0.25) is 0 Å². The molecule has 4 heteroatoms. The Bertz CT molecular complexity index is 1100. The van der Waals surface area contributed by atoms with Gasteiger partial charge in [-0.05, 0) is 42.3 Å². The van der Waals surface area contributed by atoms with Crippen LogP contribution in [0.5, 0.6) is 5.75 Å². The summed E-state index contributed by atoms with van der Waals surface area (Å²) in [5.41, 5.74) is 3.28. The smallest absolute Gasteiger partial charge is 0.162 e. The average Bonchev–Trinajstić information content (AvgIpc) is 2.79. The molecule has 4 nitrogen and oxygen atoms in total. The molecule has 4 rings (SSSR count). The zero-order valence-corrected chi connectivity index (χ0v) is 16.9. The average molecular weight is 383 g/mol. The molecule has 0 aliphatic heterocycles. The summed E-state index contributed by atoms with van der Waals surface area (Å²) in [6.45, 7) is 3.47. The Morgan fingerprint density at radius 1 is 0.862 bits per heavy atom. The van der Waals surface area contributed by atoms with Crippen LogP contribution in [0.2, 0.25) is 0 Å². The summed E-state index contributed by atoms with van der Waals surface area (Å²) in [5.74, 6) is 2.56. The van der Waals surface area contributed by atoms with Crippen LogP contribution in [-0.4, -0.2) is 30.2 Å². The van der Waals surface area contributed by atoms with Crippen molar-refractivity contribution < 1.29 is 4.74 Å². The summed E-state index contributed by atoms with van der Waals surface area (Å²) < 4.78 is 5.87. The van der Waals surface area contributed by atoms with Crippen molar-refractivity contribution in [1.82, 2.24) is 9.97 Å². The number of aromatic nitrogens is 2. The first-order valence-electron chi connectivity index (χ1n) is 9.99. The van der Waals surface area contributed by atoms with E-state index in [9.17, 15) is 0 Å². The van der Waals surface area contributed by atoms with E-state index in [-0.39, 0.29) is 0 Å². The SMILES string of the molecule is CCc1cccc(-c2nc(N(C)CCOc3ccccc3)c3ccccc3n2)c1. The molecular formula is C25H25N3O. The first-order chi connectivity index (χ1) is 14.2. The molecule has 0 unspecified atom stereocenters. The minimum Gasteiger partial charge on any atom is -0.492 e. The van der Waals surface area contributed by atoms with Crippen molar-refractivity contribution in [3.63, 3.8) is 0 Å². The molecule has 0 fully saturated rings. The molecule has 0 saturated carbocycles. The lowest BCUT2D eigenvalue weighted by Gasteiger charge is -2.21. The third-order valence-corrected chi connectivity index (χ3v) is 4.98. The third kappa shape index (κ3) is 4.37. The molecule has 0 radical (unpaired) electrons. The summed E-state index contributed by atoms with van der Waals surface area (Å²) in [5, 5.41) is 1.05. The van der Waals surface area contributed by atoms with Gasteiger partial charge in [0.05, 0.1) is 12.1 Å². The standard InChI is InChI=1S/C25H25N3O/c1-3-19-10-9-11-20(18-19)24-26-23-15-8-7-14-22(23)25(27-24)28(2)16-17-29-21-12-5-4-6-13-21/h4-15,18H,3,16-17H2,1-2H3. The number of para-hydroxylation sites is 2. The maximum absolute atomic E-state index is 5.87. The van der Waals surface area contributed by atoms with E-state index in [0.717, 1.165) is 46.8 Å². The van der Waals surface area contributed by atoms with Gasteiger partial charge in [-0.2, -0.15) is 0 Å². The number of fused-ring (bicyclic) bond motifs is 1. The summed E-state index contributed by atoms with van der Waals surface area (Å²) >= 11 is 0. The molecule has 1 heterocycles. The van der Waals surface area contributed by atoms with Gasteiger partial charge in [-0.3, -0.25) is 0 Å². The predicted octanol–water partition coefficient (Wildman–Crippen LogP) is 5.37.